The molecule has 0 spiro atoms. The molecule has 0 heterocycles. The normalized spacial score (nSPS) is 39.6. The summed E-state index contributed by atoms with van der Waals surface area (Å²) < 4.78 is 0. The molecule has 1 N–H and O–H groups in total. The molecule has 16 heavy (non-hydrogen) atoms. The average molecular weight is 220 g/mol. The van der Waals surface area contributed by atoms with Gasteiger partial charge in [-0.25, -0.2) is 0 Å². The first-order chi connectivity index (χ1) is 7.42. The highest BCUT2D eigenvalue weighted by molar-refractivity contribution is 5.24. The van der Waals surface area contributed by atoms with Crippen molar-refractivity contribution in [2.75, 3.05) is 0 Å². The Morgan fingerprint density at radius 2 is 2.12 bits per heavy atom. The van der Waals surface area contributed by atoms with Crippen LogP contribution in [0.15, 0.2) is 23.8 Å². The number of fused-ring (bicyclic) bond motifs is 1. The van der Waals surface area contributed by atoms with Gasteiger partial charge in [0.15, 0.2) is 0 Å². The van der Waals surface area contributed by atoms with Crippen LogP contribution in [0.25, 0.3) is 0 Å². The minimum absolute atomic E-state index is 0.305. The zero-order valence-corrected chi connectivity index (χ0v) is 10.8. The summed E-state index contributed by atoms with van der Waals surface area (Å²) in [5.41, 5.74) is 2.35. The van der Waals surface area contributed by atoms with Crippen molar-refractivity contribution in [3.63, 3.8) is 0 Å². The number of hydrogen-bond acceptors (Lipinski definition) is 1. The van der Waals surface area contributed by atoms with Crippen LogP contribution < -0.4 is 0 Å². The van der Waals surface area contributed by atoms with Crippen LogP contribution in [0.5, 0.6) is 0 Å². The van der Waals surface area contributed by atoms with Gasteiger partial charge < -0.3 is 5.11 Å². The van der Waals surface area contributed by atoms with Crippen LogP contribution in [-0.2, 0) is 0 Å². The Balaban J connectivity index is 2.33. The first-order valence-corrected chi connectivity index (χ1v) is 6.52. The van der Waals surface area contributed by atoms with Gasteiger partial charge in [0.05, 0.1) is 5.60 Å². The van der Waals surface area contributed by atoms with Gasteiger partial charge in [-0.2, -0.15) is 0 Å². The Hall–Kier alpha value is -0.560. The number of hydrogen-bond donors (Lipinski definition) is 1. The molecular weight excluding hydrogens is 196 g/mol. The summed E-state index contributed by atoms with van der Waals surface area (Å²) in [5.74, 6) is 1.43. The largest absolute Gasteiger partial charge is 0.390 e. The van der Waals surface area contributed by atoms with Gasteiger partial charge in [0.2, 0.25) is 0 Å². The summed E-state index contributed by atoms with van der Waals surface area (Å²) in [6.45, 7) is 10.7. The molecule has 2 aliphatic carbocycles. The number of aliphatic hydroxyl groups is 1. The van der Waals surface area contributed by atoms with Gasteiger partial charge in [-0.15, -0.1) is 0 Å². The van der Waals surface area contributed by atoms with E-state index in [1.165, 1.54) is 11.1 Å². The number of rotatable bonds is 1. The van der Waals surface area contributed by atoms with Gasteiger partial charge in [-0.05, 0) is 44.4 Å². The molecule has 0 bridgehead atoms. The van der Waals surface area contributed by atoms with Crippen LogP contribution in [0.1, 0.15) is 46.5 Å². The van der Waals surface area contributed by atoms with Crippen LogP contribution >= 0.6 is 0 Å². The molecule has 0 amide bonds. The van der Waals surface area contributed by atoms with Crippen molar-refractivity contribution < 1.29 is 5.11 Å². The minimum atomic E-state index is -0.516. The molecule has 0 aromatic heterocycles. The first-order valence-electron chi connectivity index (χ1n) is 6.52. The predicted molar refractivity (Wildman–Crippen MR) is 68.1 cm³/mol. The first kappa shape index (κ1) is 11.9. The SMILES string of the molecule is C=C1CCC(C(C)C)=CC2C1CC[C@]2(C)O. The lowest BCUT2D eigenvalue weighted by molar-refractivity contribution is 0.0330. The molecule has 0 radical (unpaired) electrons. The van der Waals surface area contributed by atoms with E-state index in [0.29, 0.717) is 17.8 Å². The molecule has 0 aromatic rings. The zero-order chi connectivity index (χ0) is 11.9. The molecule has 90 valence electrons. The molecule has 0 saturated heterocycles. The topological polar surface area (TPSA) is 20.2 Å². The van der Waals surface area contributed by atoms with Crippen LogP contribution in [-0.4, -0.2) is 10.7 Å². The highest BCUT2D eigenvalue weighted by Gasteiger charge is 2.44. The summed E-state index contributed by atoms with van der Waals surface area (Å²) >= 11 is 0. The minimum Gasteiger partial charge on any atom is -0.390 e. The van der Waals surface area contributed by atoms with E-state index in [-0.39, 0.29) is 0 Å². The third-order valence-corrected chi connectivity index (χ3v) is 4.51. The van der Waals surface area contributed by atoms with E-state index >= 15 is 0 Å². The summed E-state index contributed by atoms with van der Waals surface area (Å²) in [6, 6.07) is 0. The maximum Gasteiger partial charge on any atom is 0.0688 e. The summed E-state index contributed by atoms with van der Waals surface area (Å²) in [6.07, 6.45) is 6.64. The quantitative estimate of drug-likeness (QED) is 0.668. The fourth-order valence-electron chi connectivity index (χ4n) is 3.27. The molecule has 0 aromatic carbocycles. The Morgan fingerprint density at radius 1 is 1.44 bits per heavy atom. The predicted octanol–water partition coefficient (Wildman–Crippen LogP) is 3.70. The molecule has 1 fully saturated rings. The molecule has 2 aliphatic rings. The van der Waals surface area contributed by atoms with E-state index in [2.05, 4.69) is 26.5 Å². The maximum absolute atomic E-state index is 10.4. The summed E-state index contributed by atoms with van der Waals surface area (Å²) in [4.78, 5) is 0. The van der Waals surface area contributed by atoms with Crippen molar-refractivity contribution >= 4 is 0 Å². The van der Waals surface area contributed by atoms with Crippen molar-refractivity contribution in [3.8, 4) is 0 Å². The van der Waals surface area contributed by atoms with Gasteiger partial charge >= 0.3 is 0 Å². The lowest BCUT2D eigenvalue weighted by atomic mass is 9.83. The fourth-order valence-corrected chi connectivity index (χ4v) is 3.27. The van der Waals surface area contributed by atoms with E-state index in [1.807, 2.05) is 6.92 Å². The second-order valence-electron chi connectivity index (χ2n) is 6.08. The van der Waals surface area contributed by atoms with Crippen molar-refractivity contribution in [2.24, 2.45) is 17.8 Å². The highest BCUT2D eigenvalue weighted by atomic mass is 16.3. The van der Waals surface area contributed by atoms with E-state index < -0.39 is 5.60 Å². The molecule has 1 nitrogen and oxygen atoms in total. The Kier molecular flexibility index (Phi) is 3.00. The van der Waals surface area contributed by atoms with Crippen LogP contribution in [0.3, 0.4) is 0 Å². The van der Waals surface area contributed by atoms with E-state index in [1.54, 1.807) is 0 Å². The average Bonchev–Trinajstić information content (AvgIpc) is 2.38. The highest BCUT2D eigenvalue weighted by Crippen LogP contribution is 2.48. The lowest BCUT2D eigenvalue weighted by Crippen LogP contribution is -2.30. The van der Waals surface area contributed by atoms with E-state index in [0.717, 1.165) is 25.7 Å². The van der Waals surface area contributed by atoms with Crippen LogP contribution in [0.4, 0.5) is 0 Å². The van der Waals surface area contributed by atoms with Crippen LogP contribution in [0, 0.1) is 17.8 Å². The van der Waals surface area contributed by atoms with Crippen molar-refractivity contribution in [1.82, 2.24) is 0 Å². The van der Waals surface area contributed by atoms with Crippen LogP contribution in [0.2, 0.25) is 0 Å². The fraction of sp³-hybridized carbons (Fsp3) is 0.733. The second-order valence-corrected chi connectivity index (χ2v) is 6.08. The maximum atomic E-state index is 10.4. The molecule has 2 rings (SSSR count). The van der Waals surface area contributed by atoms with Crippen molar-refractivity contribution in [1.29, 1.82) is 0 Å². The van der Waals surface area contributed by atoms with Gasteiger partial charge in [0.25, 0.3) is 0 Å². The molecular formula is C15H24O. The standard InChI is InChI=1S/C15H24O/c1-10(2)12-6-5-11(3)13-7-8-15(4,16)14(13)9-12/h9-10,13-14,16H,3,5-8H2,1-2,4H3/t13?,14?,15-/m0/s1. The third kappa shape index (κ3) is 1.98. The Labute approximate surface area is 99.3 Å². The second kappa shape index (κ2) is 4.03. The summed E-state index contributed by atoms with van der Waals surface area (Å²) in [7, 11) is 0. The summed E-state index contributed by atoms with van der Waals surface area (Å²) in [5, 5.41) is 10.4. The van der Waals surface area contributed by atoms with E-state index in [4.69, 9.17) is 0 Å². The lowest BCUT2D eigenvalue weighted by Gasteiger charge is -2.27. The molecule has 3 atom stereocenters. The van der Waals surface area contributed by atoms with Gasteiger partial charge in [0, 0.05) is 5.92 Å². The monoisotopic (exact) mass is 220 g/mol. The zero-order valence-electron chi connectivity index (χ0n) is 10.8. The Bertz CT molecular complexity index is 322. The van der Waals surface area contributed by atoms with Gasteiger partial charge in [0.1, 0.15) is 0 Å². The van der Waals surface area contributed by atoms with Gasteiger partial charge in [-0.3, -0.25) is 0 Å². The van der Waals surface area contributed by atoms with Crippen molar-refractivity contribution in [3.05, 3.63) is 23.8 Å². The van der Waals surface area contributed by atoms with Gasteiger partial charge in [-0.1, -0.05) is 37.6 Å². The number of allylic oxidation sites excluding steroid dienone is 2. The van der Waals surface area contributed by atoms with E-state index in [9.17, 15) is 5.11 Å². The molecule has 1 saturated carbocycles. The smallest absolute Gasteiger partial charge is 0.0688 e. The molecule has 0 aliphatic heterocycles. The molecule has 2 unspecified atom stereocenters. The third-order valence-electron chi connectivity index (χ3n) is 4.51. The molecule has 1 heteroatoms. The Morgan fingerprint density at radius 3 is 2.75 bits per heavy atom. The van der Waals surface area contributed by atoms with Crippen molar-refractivity contribution in [2.45, 2.75) is 52.1 Å².